The second-order valence-electron chi connectivity index (χ2n) is 3.19. The van der Waals surface area contributed by atoms with E-state index in [9.17, 15) is 4.79 Å². The number of hydrogen-bond acceptors (Lipinski definition) is 2. The maximum atomic E-state index is 11.0. The van der Waals surface area contributed by atoms with Crippen LogP contribution in [-0.4, -0.2) is 13.5 Å². The fraction of sp³-hybridized carbons (Fsp3) is 0.667. The minimum absolute atomic E-state index is 0.0349. The van der Waals surface area contributed by atoms with E-state index in [1.165, 1.54) is 0 Å². The molecule has 0 saturated heterocycles. The normalized spacial score (nSPS) is 12.3. The number of carbonyl (C=O) groups is 1. The highest BCUT2D eigenvalue weighted by Crippen LogP contribution is 2.10. The Bertz CT molecular complexity index is 155. The van der Waals surface area contributed by atoms with Crippen LogP contribution in [0.3, 0.4) is 0 Å². The van der Waals surface area contributed by atoms with E-state index < -0.39 is 0 Å². The van der Waals surface area contributed by atoms with Gasteiger partial charge in [-0.15, -0.1) is 6.58 Å². The molecule has 0 fully saturated rings. The van der Waals surface area contributed by atoms with Gasteiger partial charge in [-0.3, -0.25) is 4.79 Å². The molecule has 0 radical (unpaired) electrons. The van der Waals surface area contributed by atoms with Crippen LogP contribution in [0, 0.1) is 5.92 Å². The highest BCUT2D eigenvalue weighted by molar-refractivity contribution is 6.33. The monoisotopic (exact) mass is 168 g/mol. The molecule has 0 saturated carbocycles. The van der Waals surface area contributed by atoms with Crippen LogP contribution in [0.4, 0.5) is 0 Å². The fourth-order valence-corrected chi connectivity index (χ4v) is 0.708. The van der Waals surface area contributed by atoms with E-state index in [1.807, 2.05) is 19.9 Å². The molecule has 0 aromatic rings. The molecule has 0 aromatic heterocycles. The summed E-state index contributed by atoms with van der Waals surface area (Å²) >= 11 is 0. The number of rotatable bonds is 5. The minimum atomic E-state index is -0.129. The van der Waals surface area contributed by atoms with E-state index in [0.717, 1.165) is 6.42 Å². The van der Waals surface area contributed by atoms with Crippen molar-refractivity contribution >= 4 is 13.5 Å². The summed E-state index contributed by atoms with van der Waals surface area (Å²) in [5.41, 5.74) is 0. The molecular weight excluding hydrogens is 151 g/mol. The van der Waals surface area contributed by atoms with Crippen molar-refractivity contribution in [3.05, 3.63) is 12.7 Å². The van der Waals surface area contributed by atoms with E-state index >= 15 is 0 Å². The molecule has 0 aliphatic heterocycles. The molecular formula is C9H17BO2. The molecule has 0 aliphatic carbocycles. The van der Waals surface area contributed by atoms with Crippen LogP contribution in [-0.2, 0) is 9.45 Å². The van der Waals surface area contributed by atoms with Gasteiger partial charge in [-0.05, 0) is 5.82 Å². The first-order valence-corrected chi connectivity index (χ1v) is 4.41. The Hall–Kier alpha value is -0.725. The van der Waals surface area contributed by atoms with Gasteiger partial charge in [-0.25, -0.2) is 0 Å². The summed E-state index contributed by atoms with van der Waals surface area (Å²) in [6.07, 6.45) is 2.79. The minimum Gasteiger partial charge on any atom is -0.539 e. The zero-order valence-corrected chi connectivity index (χ0v) is 8.17. The van der Waals surface area contributed by atoms with Crippen LogP contribution in [0.15, 0.2) is 12.7 Å². The molecule has 0 N–H and O–H groups in total. The molecule has 12 heavy (non-hydrogen) atoms. The topological polar surface area (TPSA) is 26.3 Å². The van der Waals surface area contributed by atoms with E-state index in [1.54, 1.807) is 0 Å². The average Bonchev–Trinajstić information content (AvgIpc) is 2.05. The third-order valence-corrected chi connectivity index (χ3v) is 1.77. The highest BCUT2D eigenvalue weighted by Gasteiger charge is 2.12. The van der Waals surface area contributed by atoms with Crippen LogP contribution in [0.2, 0.25) is 5.82 Å². The third-order valence-electron chi connectivity index (χ3n) is 1.77. The average molecular weight is 168 g/mol. The summed E-state index contributed by atoms with van der Waals surface area (Å²) in [6, 6.07) is 0. The van der Waals surface area contributed by atoms with E-state index in [2.05, 4.69) is 13.5 Å². The van der Waals surface area contributed by atoms with Crippen LogP contribution in [0.5, 0.6) is 0 Å². The zero-order chi connectivity index (χ0) is 9.56. The summed E-state index contributed by atoms with van der Waals surface area (Å²) in [5.74, 6) is 0.135. The molecule has 0 rings (SSSR count). The van der Waals surface area contributed by atoms with Gasteiger partial charge in [0.2, 0.25) is 0 Å². The van der Waals surface area contributed by atoms with E-state index in [0.29, 0.717) is 13.3 Å². The predicted molar refractivity (Wildman–Crippen MR) is 52.3 cm³/mol. The van der Waals surface area contributed by atoms with Crippen LogP contribution in [0.25, 0.3) is 0 Å². The number of allylic oxidation sites excluding steroid dienone is 1. The van der Waals surface area contributed by atoms with Crippen molar-refractivity contribution in [2.45, 2.75) is 33.0 Å². The maximum Gasteiger partial charge on any atom is 0.350 e. The quantitative estimate of drug-likeness (QED) is 0.463. The Morgan fingerprint density at radius 2 is 2.25 bits per heavy atom. The Morgan fingerprint density at radius 1 is 1.67 bits per heavy atom. The summed E-state index contributed by atoms with van der Waals surface area (Å²) < 4.78 is 5.04. The second kappa shape index (κ2) is 5.87. The SMILES string of the molecule is C=CC(BOC(=O)C(C)C)CC. The lowest BCUT2D eigenvalue weighted by Crippen LogP contribution is -2.16. The summed E-state index contributed by atoms with van der Waals surface area (Å²) in [5, 5.41) is 0. The fourth-order valence-electron chi connectivity index (χ4n) is 0.708. The molecule has 0 heterocycles. The van der Waals surface area contributed by atoms with Crippen molar-refractivity contribution in [3.63, 3.8) is 0 Å². The van der Waals surface area contributed by atoms with Crippen LogP contribution >= 0.6 is 0 Å². The largest absolute Gasteiger partial charge is 0.539 e. The molecule has 0 spiro atoms. The molecule has 0 aliphatic rings. The molecule has 1 atom stereocenters. The first kappa shape index (κ1) is 11.3. The maximum absolute atomic E-state index is 11.0. The summed E-state index contributed by atoms with van der Waals surface area (Å²) in [4.78, 5) is 11.0. The molecule has 0 bridgehead atoms. The van der Waals surface area contributed by atoms with Gasteiger partial charge in [0.25, 0.3) is 5.97 Å². The Morgan fingerprint density at radius 3 is 2.58 bits per heavy atom. The molecule has 1 unspecified atom stereocenters. The zero-order valence-electron chi connectivity index (χ0n) is 8.17. The van der Waals surface area contributed by atoms with E-state index in [4.69, 9.17) is 4.65 Å². The van der Waals surface area contributed by atoms with Crippen molar-refractivity contribution in [3.8, 4) is 0 Å². The Kier molecular flexibility index (Phi) is 5.51. The van der Waals surface area contributed by atoms with Crippen molar-refractivity contribution < 1.29 is 9.45 Å². The van der Waals surface area contributed by atoms with Gasteiger partial charge in [0.1, 0.15) is 0 Å². The third kappa shape index (κ3) is 4.22. The van der Waals surface area contributed by atoms with Gasteiger partial charge in [0, 0.05) is 5.92 Å². The summed E-state index contributed by atoms with van der Waals surface area (Å²) in [7, 11) is 0.469. The molecule has 3 heteroatoms. The second-order valence-corrected chi connectivity index (χ2v) is 3.19. The number of carbonyl (C=O) groups excluding carboxylic acids is 1. The van der Waals surface area contributed by atoms with Gasteiger partial charge in [0.15, 0.2) is 0 Å². The van der Waals surface area contributed by atoms with Gasteiger partial charge >= 0.3 is 7.48 Å². The van der Waals surface area contributed by atoms with Gasteiger partial charge in [0.05, 0.1) is 0 Å². The molecule has 2 nitrogen and oxygen atoms in total. The van der Waals surface area contributed by atoms with Crippen molar-refractivity contribution in [2.75, 3.05) is 0 Å². The smallest absolute Gasteiger partial charge is 0.350 e. The lowest BCUT2D eigenvalue weighted by Gasteiger charge is -2.10. The van der Waals surface area contributed by atoms with Gasteiger partial charge in [-0.2, -0.15) is 0 Å². The van der Waals surface area contributed by atoms with Gasteiger partial charge < -0.3 is 4.65 Å². The lowest BCUT2D eigenvalue weighted by atomic mass is 9.78. The van der Waals surface area contributed by atoms with Crippen molar-refractivity contribution in [2.24, 2.45) is 5.92 Å². The number of hydrogen-bond donors (Lipinski definition) is 0. The molecule has 0 amide bonds. The standard InChI is InChI=1S/C9H17BO2/c1-5-8(6-2)10-12-9(11)7(3)4/h5,7-8,10H,1,6H2,2-4H3. The van der Waals surface area contributed by atoms with Crippen LogP contribution < -0.4 is 0 Å². The molecule has 0 aromatic carbocycles. The predicted octanol–water partition coefficient (Wildman–Crippen LogP) is 1.92. The van der Waals surface area contributed by atoms with Crippen LogP contribution in [0.1, 0.15) is 27.2 Å². The first-order chi connectivity index (χ1) is 5.61. The highest BCUT2D eigenvalue weighted by atomic mass is 16.5. The lowest BCUT2D eigenvalue weighted by molar-refractivity contribution is -0.137. The van der Waals surface area contributed by atoms with Crippen molar-refractivity contribution in [1.29, 1.82) is 0 Å². The summed E-state index contributed by atoms with van der Waals surface area (Å²) in [6.45, 7) is 9.38. The van der Waals surface area contributed by atoms with Crippen molar-refractivity contribution in [1.82, 2.24) is 0 Å². The van der Waals surface area contributed by atoms with Gasteiger partial charge in [-0.1, -0.05) is 33.3 Å². The Balaban J connectivity index is 3.66. The van der Waals surface area contributed by atoms with E-state index in [-0.39, 0.29) is 11.9 Å². The molecule has 68 valence electrons. The first-order valence-electron chi connectivity index (χ1n) is 4.41. The Labute approximate surface area is 75.3 Å².